The molecule has 0 unspecified atom stereocenters. The first kappa shape index (κ1) is 19.9. The van der Waals surface area contributed by atoms with Gasteiger partial charge in [0.05, 0.1) is 0 Å². The van der Waals surface area contributed by atoms with E-state index < -0.39 is 0 Å². The van der Waals surface area contributed by atoms with Crippen LogP contribution in [0.25, 0.3) is 0 Å². The maximum atomic E-state index is 13.7. The zero-order valence-corrected chi connectivity index (χ0v) is 15.9. The normalized spacial score (nSPS) is 11.8. The number of benzene rings is 1. The molecule has 0 saturated heterocycles. The largest absolute Gasteiger partial charge is 0.356 e. The Labute approximate surface area is 154 Å². The third-order valence-electron chi connectivity index (χ3n) is 3.92. The Morgan fingerprint density at radius 2 is 2.00 bits per heavy atom. The summed E-state index contributed by atoms with van der Waals surface area (Å²) in [6.07, 6.45) is 3.21. The molecule has 0 atom stereocenters. The fourth-order valence-corrected chi connectivity index (χ4v) is 2.50. The van der Waals surface area contributed by atoms with E-state index >= 15 is 0 Å². The van der Waals surface area contributed by atoms with Crippen LogP contribution in [-0.2, 0) is 19.4 Å². The van der Waals surface area contributed by atoms with Crippen molar-refractivity contribution in [2.45, 2.75) is 40.2 Å². The number of aliphatic imine (C=N–C) groups is 1. The highest BCUT2D eigenvalue weighted by Crippen LogP contribution is 2.06. The third-order valence-corrected chi connectivity index (χ3v) is 3.92. The summed E-state index contributed by atoms with van der Waals surface area (Å²) in [7, 11) is 0. The van der Waals surface area contributed by atoms with Gasteiger partial charge in [-0.05, 0) is 24.0 Å². The minimum atomic E-state index is -0.164. The van der Waals surface area contributed by atoms with Gasteiger partial charge in [-0.15, -0.1) is 10.2 Å². The number of aromatic nitrogens is 3. The Morgan fingerprint density at radius 3 is 2.73 bits per heavy atom. The van der Waals surface area contributed by atoms with E-state index in [-0.39, 0.29) is 5.82 Å². The number of nitrogens with zero attached hydrogens (tertiary/aromatic N) is 4. The zero-order chi connectivity index (χ0) is 18.8. The maximum Gasteiger partial charge on any atom is 0.191 e. The zero-order valence-electron chi connectivity index (χ0n) is 15.9. The summed E-state index contributed by atoms with van der Waals surface area (Å²) in [5.74, 6) is 2.04. The summed E-state index contributed by atoms with van der Waals surface area (Å²) < 4.78 is 15.7. The predicted molar refractivity (Wildman–Crippen MR) is 103 cm³/mol. The lowest BCUT2D eigenvalue weighted by Crippen LogP contribution is -2.40. The second-order valence-corrected chi connectivity index (χ2v) is 6.57. The van der Waals surface area contributed by atoms with Crippen molar-refractivity contribution in [3.05, 3.63) is 47.8 Å². The van der Waals surface area contributed by atoms with Crippen LogP contribution in [-0.4, -0.2) is 40.4 Å². The van der Waals surface area contributed by atoms with Crippen molar-refractivity contribution >= 4 is 5.96 Å². The first-order valence-electron chi connectivity index (χ1n) is 9.22. The van der Waals surface area contributed by atoms with E-state index in [1.165, 1.54) is 6.07 Å². The molecule has 2 aromatic rings. The van der Waals surface area contributed by atoms with Gasteiger partial charge in [0.25, 0.3) is 0 Å². The summed E-state index contributed by atoms with van der Waals surface area (Å²) in [4.78, 5) is 4.60. The molecular formula is C19H29FN6. The van der Waals surface area contributed by atoms with Gasteiger partial charge in [0.2, 0.25) is 0 Å². The minimum Gasteiger partial charge on any atom is -0.356 e. The first-order chi connectivity index (χ1) is 12.6. The number of rotatable bonds is 9. The SMILES string of the molecule is CCc1nncn1CCNC(=NCC(C)C)NCCc1ccccc1F. The minimum absolute atomic E-state index is 0.164. The summed E-state index contributed by atoms with van der Waals surface area (Å²) in [5, 5.41) is 14.7. The molecule has 0 aliphatic heterocycles. The van der Waals surface area contributed by atoms with Crippen LogP contribution in [0.3, 0.4) is 0 Å². The van der Waals surface area contributed by atoms with E-state index in [0.717, 1.165) is 31.3 Å². The Balaban J connectivity index is 1.85. The van der Waals surface area contributed by atoms with Crippen molar-refractivity contribution in [3.63, 3.8) is 0 Å². The van der Waals surface area contributed by atoms with E-state index in [1.54, 1.807) is 12.4 Å². The number of guanidine groups is 1. The fraction of sp³-hybridized carbons (Fsp3) is 0.526. The van der Waals surface area contributed by atoms with Crippen LogP contribution in [0.2, 0.25) is 0 Å². The van der Waals surface area contributed by atoms with Crippen molar-refractivity contribution in [3.8, 4) is 0 Å². The van der Waals surface area contributed by atoms with E-state index in [0.29, 0.717) is 31.0 Å². The molecule has 0 spiro atoms. The Hall–Kier alpha value is -2.44. The van der Waals surface area contributed by atoms with Gasteiger partial charge in [0.15, 0.2) is 5.96 Å². The van der Waals surface area contributed by atoms with Crippen LogP contribution in [0.5, 0.6) is 0 Å². The standard InChI is InChI=1S/C19H29FN6/c1-4-18-25-24-14-26(18)12-11-22-19(23-13-15(2)3)21-10-9-16-7-5-6-8-17(16)20/h5-8,14-15H,4,9-13H2,1-3H3,(H2,21,22,23). The van der Waals surface area contributed by atoms with E-state index in [4.69, 9.17) is 0 Å². The molecule has 1 aromatic carbocycles. The summed E-state index contributed by atoms with van der Waals surface area (Å²) >= 11 is 0. The van der Waals surface area contributed by atoms with E-state index in [2.05, 4.69) is 46.6 Å². The van der Waals surface area contributed by atoms with Gasteiger partial charge in [-0.1, -0.05) is 39.0 Å². The van der Waals surface area contributed by atoms with Crippen LogP contribution in [0.4, 0.5) is 4.39 Å². The molecule has 0 saturated carbocycles. The van der Waals surface area contributed by atoms with Gasteiger partial charge >= 0.3 is 0 Å². The van der Waals surface area contributed by atoms with Gasteiger partial charge in [-0.3, -0.25) is 4.99 Å². The van der Waals surface area contributed by atoms with Crippen LogP contribution in [0.15, 0.2) is 35.6 Å². The summed E-state index contributed by atoms with van der Waals surface area (Å²) in [6.45, 7) is 9.17. The van der Waals surface area contributed by atoms with Gasteiger partial charge in [0, 0.05) is 32.6 Å². The average molecular weight is 360 g/mol. The highest BCUT2D eigenvalue weighted by Gasteiger charge is 2.05. The van der Waals surface area contributed by atoms with E-state index in [1.807, 2.05) is 16.7 Å². The molecule has 0 fully saturated rings. The molecular weight excluding hydrogens is 331 g/mol. The molecule has 2 N–H and O–H groups in total. The number of halogens is 1. The molecule has 1 aromatic heterocycles. The quantitative estimate of drug-likeness (QED) is 0.532. The highest BCUT2D eigenvalue weighted by atomic mass is 19.1. The average Bonchev–Trinajstić information content (AvgIpc) is 3.08. The maximum absolute atomic E-state index is 13.7. The van der Waals surface area contributed by atoms with Crippen LogP contribution in [0, 0.1) is 11.7 Å². The summed E-state index contributed by atoms with van der Waals surface area (Å²) in [6, 6.07) is 6.87. The van der Waals surface area contributed by atoms with Crippen molar-refractivity contribution < 1.29 is 4.39 Å². The predicted octanol–water partition coefficient (Wildman–Crippen LogP) is 2.41. The molecule has 7 heteroatoms. The van der Waals surface area contributed by atoms with E-state index in [9.17, 15) is 4.39 Å². The smallest absolute Gasteiger partial charge is 0.191 e. The molecule has 0 bridgehead atoms. The van der Waals surface area contributed by atoms with Crippen molar-refractivity contribution in [1.82, 2.24) is 25.4 Å². The molecule has 0 amide bonds. The number of hydrogen-bond acceptors (Lipinski definition) is 3. The molecule has 0 aliphatic carbocycles. The summed E-state index contributed by atoms with van der Waals surface area (Å²) in [5.41, 5.74) is 0.709. The second kappa shape index (κ2) is 10.5. The molecule has 142 valence electrons. The van der Waals surface area contributed by atoms with Gasteiger partial charge in [0.1, 0.15) is 18.0 Å². The van der Waals surface area contributed by atoms with Crippen molar-refractivity contribution in [2.75, 3.05) is 19.6 Å². The lowest BCUT2D eigenvalue weighted by molar-refractivity contribution is 0.603. The molecule has 2 rings (SSSR count). The highest BCUT2D eigenvalue weighted by molar-refractivity contribution is 5.79. The third kappa shape index (κ3) is 6.46. The number of aryl methyl sites for hydroxylation is 1. The van der Waals surface area contributed by atoms with Crippen LogP contribution < -0.4 is 10.6 Å². The van der Waals surface area contributed by atoms with Gasteiger partial charge < -0.3 is 15.2 Å². The Morgan fingerprint density at radius 1 is 1.23 bits per heavy atom. The first-order valence-corrected chi connectivity index (χ1v) is 9.22. The lowest BCUT2D eigenvalue weighted by atomic mass is 10.1. The van der Waals surface area contributed by atoms with Crippen molar-refractivity contribution in [2.24, 2.45) is 10.9 Å². The van der Waals surface area contributed by atoms with Crippen LogP contribution in [0.1, 0.15) is 32.2 Å². The van der Waals surface area contributed by atoms with Crippen molar-refractivity contribution in [1.29, 1.82) is 0 Å². The fourth-order valence-electron chi connectivity index (χ4n) is 2.50. The van der Waals surface area contributed by atoms with Gasteiger partial charge in [-0.2, -0.15) is 0 Å². The monoisotopic (exact) mass is 360 g/mol. The molecule has 1 heterocycles. The second-order valence-electron chi connectivity index (χ2n) is 6.57. The topological polar surface area (TPSA) is 67.1 Å². The lowest BCUT2D eigenvalue weighted by Gasteiger charge is -2.14. The van der Waals surface area contributed by atoms with Gasteiger partial charge in [-0.25, -0.2) is 4.39 Å². The Bertz CT molecular complexity index is 695. The molecule has 6 nitrogen and oxygen atoms in total. The molecule has 0 aliphatic rings. The van der Waals surface area contributed by atoms with Crippen LogP contribution >= 0.6 is 0 Å². The number of hydrogen-bond donors (Lipinski definition) is 2. The Kier molecular flexibility index (Phi) is 8.05. The molecule has 26 heavy (non-hydrogen) atoms. The number of nitrogens with one attached hydrogen (secondary N) is 2. The molecule has 0 radical (unpaired) electrons.